The Labute approximate surface area is 152 Å². The molecule has 0 atom stereocenters. The lowest BCUT2D eigenvalue weighted by Gasteiger charge is -2.05. The van der Waals surface area contributed by atoms with Crippen molar-refractivity contribution in [1.82, 2.24) is 5.32 Å². The van der Waals surface area contributed by atoms with E-state index in [1.165, 1.54) is 0 Å². The minimum absolute atomic E-state index is 0.353. The number of rotatable bonds is 4. The summed E-state index contributed by atoms with van der Waals surface area (Å²) in [5.41, 5.74) is 3.02. The molecule has 0 bridgehead atoms. The molecule has 25 heavy (non-hydrogen) atoms. The Morgan fingerprint density at radius 2 is 1.64 bits per heavy atom. The molecule has 0 aliphatic rings. The van der Waals surface area contributed by atoms with Crippen molar-refractivity contribution in [2.75, 3.05) is 11.9 Å². The van der Waals surface area contributed by atoms with Gasteiger partial charge in [0.25, 0.3) is 0 Å². The number of anilines is 1. The van der Waals surface area contributed by atoms with Crippen LogP contribution in [0, 0.1) is 11.3 Å². The molecule has 0 fully saturated rings. The van der Waals surface area contributed by atoms with Crippen LogP contribution in [0.15, 0.2) is 65.1 Å². The van der Waals surface area contributed by atoms with Crippen molar-refractivity contribution in [3.8, 4) is 28.5 Å². The number of hydrogen-bond donors (Lipinski definition) is 2. The van der Waals surface area contributed by atoms with E-state index in [1.54, 1.807) is 0 Å². The van der Waals surface area contributed by atoms with Crippen molar-refractivity contribution in [2.24, 2.45) is 0 Å². The molecule has 1 heterocycles. The second kappa shape index (κ2) is 7.65. The lowest BCUT2D eigenvalue weighted by Crippen LogP contribution is -2.27. The Hall–Kier alpha value is -3.10. The maximum atomic E-state index is 9.75. The van der Waals surface area contributed by atoms with Crippen LogP contribution in [-0.2, 0) is 0 Å². The predicted octanol–water partition coefficient (Wildman–Crippen LogP) is 4.79. The van der Waals surface area contributed by atoms with Gasteiger partial charge in [-0.2, -0.15) is 5.26 Å². The number of furan rings is 1. The molecule has 0 saturated heterocycles. The number of nitriles is 1. The van der Waals surface area contributed by atoms with Gasteiger partial charge in [0, 0.05) is 17.7 Å². The van der Waals surface area contributed by atoms with Gasteiger partial charge in [-0.05, 0) is 24.7 Å². The zero-order valence-electron chi connectivity index (χ0n) is 13.7. The fraction of sp³-hybridized carbons (Fsp3) is 0.100. The van der Waals surface area contributed by atoms with Crippen molar-refractivity contribution in [1.29, 1.82) is 5.26 Å². The van der Waals surface area contributed by atoms with E-state index in [0.29, 0.717) is 28.9 Å². The lowest BCUT2D eigenvalue weighted by molar-refractivity contribution is 0.601. The van der Waals surface area contributed by atoms with Crippen molar-refractivity contribution >= 4 is 23.2 Å². The molecule has 5 heteroatoms. The molecule has 124 valence electrons. The number of benzene rings is 2. The van der Waals surface area contributed by atoms with Crippen molar-refractivity contribution in [3.63, 3.8) is 0 Å². The molecule has 0 unspecified atom stereocenters. The third-order valence-electron chi connectivity index (χ3n) is 3.68. The minimum atomic E-state index is 0.353. The first-order valence-electron chi connectivity index (χ1n) is 7.97. The van der Waals surface area contributed by atoms with E-state index < -0.39 is 0 Å². The highest BCUT2D eigenvalue weighted by Crippen LogP contribution is 2.41. The number of nitrogens with zero attached hydrogens (tertiary/aromatic N) is 1. The van der Waals surface area contributed by atoms with E-state index in [4.69, 9.17) is 16.6 Å². The van der Waals surface area contributed by atoms with Gasteiger partial charge in [0.05, 0.1) is 0 Å². The monoisotopic (exact) mass is 347 g/mol. The SMILES string of the molecule is CCNC(=S)Nc1oc(-c2ccccc2)c(-c2ccccc2)c1C#N. The Balaban J connectivity index is 2.18. The highest BCUT2D eigenvalue weighted by molar-refractivity contribution is 7.80. The number of nitrogens with one attached hydrogen (secondary N) is 2. The molecule has 2 aromatic carbocycles. The topological polar surface area (TPSA) is 61.0 Å². The molecule has 0 saturated carbocycles. The largest absolute Gasteiger partial charge is 0.438 e. The summed E-state index contributed by atoms with van der Waals surface area (Å²) >= 11 is 5.24. The van der Waals surface area contributed by atoms with Crippen LogP contribution in [0.25, 0.3) is 22.5 Å². The summed E-state index contributed by atoms with van der Waals surface area (Å²) in [4.78, 5) is 0. The normalized spacial score (nSPS) is 10.1. The van der Waals surface area contributed by atoms with Crippen molar-refractivity contribution in [3.05, 3.63) is 66.2 Å². The minimum Gasteiger partial charge on any atom is -0.438 e. The van der Waals surface area contributed by atoms with Crippen LogP contribution in [0.2, 0.25) is 0 Å². The highest BCUT2D eigenvalue weighted by atomic mass is 32.1. The maximum Gasteiger partial charge on any atom is 0.218 e. The van der Waals surface area contributed by atoms with Gasteiger partial charge in [-0.3, -0.25) is 0 Å². The summed E-state index contributed by atoms with van der Waals surface area (Å²) in [6.45, 7) is 2.64. The highest BCUT2D eigenvalue weighted by Gasteiger charge is 2.23. The Kier molecular flexibility index (Phi) is 5.12. The molecule has 0 amide bonds. The van der Waals surface area contributed by atoms with Gasteiger partial charge >= 0.3 is 0 Å². The molecule has 1 aromatic heterocycles. The zero-order valence-corrected chi connectivity index (χ0v) is 14.6. The second-order valence-electron chi connectivity index (χ2n) is 5.34. The van der Waals surface area contributed by atoms with Crippen LogP contribution < -0.4 is 10.6 Å². The van der Waals surface area contributed by atoms with Crippen LogP contribution in [0.4, 0.5) is 5.88 Å². The average molecular weight is 347 g/mol. The van der Waals surface area contributed by atoms with Crippen LogP contribution in [0.5, 0.6) is 0 Å². The Bertz CT molecular complexity index is 911. The smallest absolute Gasteiger partial charge is 0.218 e. The molecule has 4 nitrogen and oxygen atoms in total. The molecule has 0 radical (unpaired) electrons. The molecular formula is C20H17N3OS. The van der Waals surface area contributed by atoms with E-state index in [9.17, 15) is 5.26 Å². The van der Waals surface area contributed by atoms with Crippen LogP contribution >= 0.6 is 12.2 Å². The van der Waals surface area contributed by atoms with E-state index in [0.717, 1.165) is 16.7 Å². The molecule has 2 N–H and O–H groups in total. The third-order valence-corrected chi connectivity index (χ3v) is 3.93. The van der Waals surface area contributed by atoms with E-state index in [-0.39, 0.29) is 0 Å². The molecule has 3 rings (SSSR count). The first kappa shape index (κ1) is 16.7. The predicted molar refractivity (Wildman–Crippen MR) is 104 cm³/mol. The van der Waals surface area contributed by atoms with Gasteiger partial charge in [0.1, 0.15) is 17.4 Å². The van der Waals surface area contributed by atoms with Gasteiger partial charge in [-0.15, -0.1) is 0 Å². The zero-order chi connectivity index (χ0) is 17.6. The molecule has 0 aliphatic heterocycles. The van der Waals surface area contributed by atoms with E-state index >= 15 is 0 Å². The summed E-state index contributed by atoms with van der Waals surface area (Å²) in [7, 11) is 0. The van der Waals surface area contributed by atoms with Crippen molar-refractivity contribution < 1.29 is 4.42 Å². The molecule has 0 aliphatic carbocycles. The van der Waals surface area contributed by atoms with Gasteiger partial charge in [-0.25, -0.2) is 0 Å². The standard InChI is InChI=1S/C20H17N3OS/c1-2-22-20(25)23-19-16(13-21)17(14-9-5-3-6-10-14)18(24-19)15-11-7-4-8-12-15/h3-12H,2H2,1H3,(H2,22,23,25). The fourth-order valence-electron chi connectivity index (χ4n) is 2.61. The summed E-state index contributed by atoms with van der Waals surface area (Å²) in [5, 5.41) is 16.2. The molecular weight excluding hydrogens is 330 g/mol. The maximum absolute atomic E-state index is 9.75. The van der Waals surface area contributed by atoms with Crippen molar-refractivity contribution in [2.45, 2.75) is 6.92 Å². The lowest BCUT2D eigenvalue weighted by atomic mass is 9.98. The number of thiocarbonyl (C=S) groups is 1. The fourth-order valence-corrected chi connectivity index (χ4v) is 2.84. The summed E-state index contributed by atoms with van der Waals surface area (Å²) in [6.07, 6.45) is 0. The van der Waals surface area contributed by atoms with Gasteiger partial charge in [0.15, 0.2) is 5.11 Å². The van der Waals surface area contributed by atoms with E-state index in [1.807, 2.05) is 67.6 Å². The Morgan fingerprint density at radius 1 is 1.04 bits per heavy atom. The third kappa shape index (κ3) is 3.54. The van der Waals surface area contributed by atoms with E-state index in [2.05, 4.69) is 16.7 Å². The summed E-state index contributed by atoms with van der Waals surface area (Å²) in [5.74, 6) is 0.997. The second-order valence-corrected chi connectivity index (χ2v) is 5.75. The van der Waals surface area contributed by atoms with Gasteiger partial charge in [0.2, 0.25) is 5.88 Å². The van der Waals surface area contributed by atoms with Crippen LogP contribution in [0.3, 0.4) is 0 Å². The quantitative estimate of drug-likeness (QED) is 0.664. The summed E-state index contributed by atoms with van der Waals surface area (Å²) in [6, 6.07) is 21.7. The number of hydrogen-bond acceptors (Lipinski definition) is 3. The first-order valence-corrected chi connectivity index (χ1v) is 8.38. The average Bonchev–Trinajstić information content (AvgIpc) is 3.01. The van der Waals surface area contributed by atoms with Gasteiger partial charge in [-0.1, -0.05) is 60.7 Å². The van der Waals surface area contributed by atoms with Crippen LogP contribution in [-0.4, -0.2) is 11.7 Å². The van der Waals surface area contributed by atoms with Crippen LogP contribution in [0.1, 0.15) is 12.5 Å². The Morgan fingerprint density at radius 3 is 2.20 bits per heavy atom. The molecule has 3 aromatic rings. The molecule has 0 spiro atoms. The van der Waals surface area contributed by atoms with Gasteiger partial charge < -0.3 is 15.1 Å². The summed E-state index contributed by atoms with van der Waals surface area (Å²) < 4.78 is 6.03. The first-order chi connectivity index (χ1) is 12.2.